The lowest BCUT2D eigenvalue weighted by Crippen LogP contribution is -2.39. The van der Waals surface area contributed by atoms with E-state index in [4.69, 9.17) is 0 Å². The molecule has 7 heteroatoms. The van der Waals surface area contributed by atoms with Crippen LogP contribution in [0.4, 0.5) is 4.39 Å². The Balaban J connectivity index is 1.66. The molecule has 0 aromatic heterocycles. The van der Waals surface area contributed by atoms with Crippen LogP contribution in [0.2, 0.25) is 0 Å². The first-order valence-corrected chi connectivity index (χ1v) is 10.4. The lowest BCUT2D eigenvalue weighted by Gasteiger charge is -2.11. The summed E-state index contributed by atoms with van der Waals surface area (Å²) < 4.78 is 13.1. The Morgan fingerprint density at radius 2 is 1.86 bits per heavy atom. The molecule has 0 aliphatic carbocycles. The minimum absolute atomic E-state index is 0.141. The Kier molecular flexibility index (Phi) is 9.93. The lowest BCUT2D eigenvalue weighted by atomic mass is 10.1. The van der Waals surface area contributed by atoms with Crippen molar-refractivity contribution in [1.29, 1.82) is 0 Å². The molecule has 3 N–H and O–H groups in total. The Bertz CT molecular complexity index is 755. The highest BCUT2D eigenvalue weighted by molar-refractivity contribution is 7.99. The molecule has 0 radical (unpaired) electrons. The van der Waals surface area contributed by atoms with E-state index in [2.05, 4.69) is 33.1 Å². The number of amides is 1. The number of rotatable bonds is 10. The van der Waals surface area contributed by atoms with Crippen LogP contribution < -0.4 is 16.0 Å². The number of aliphatic imine (C=N–C) groups is 1. The molecule has 28 heavy (non-hydrogen) atoms. The maximum absolute atomic E-state index is 13.1. The van der Waals surface area contributed by atoms with E-state index in [-0.39, 0.29) is 18.1 Å². The van der Waals surface area contributed by atoms with Crippen LogP contribution in [0.15, 0.2) is 64.5 Å². The van der Waals surface area contributed by atoms with Crippen molar-refractivity contribution in [3.8, 4) is 0 Å². The number of nitrogens with zero attached hydrogens (tertiary/aromatic N) is 1. The van der Waals surface area contributed by atoms with Crippen molar-refractivity contribution in [3.05, 3.63) is 66.0 Å². The number of benzene rings is 2. The summed E-state index contributed by atoms with van der Waals surface area (Å²) >= 11 is 1.79. The number of halogens is 1. The Hall–Kier alpha value is -2.54. The van der Waals surface area contributed by atoms with Crippen LogP contribution in [0.5, 0.6) is 0 Å². The molecule has 150 valence electrons. The summed E-state index contributed by atoms with van der Waals surface area (Å²) in [5.74, 6) is 1.19. The van der Waals surface area contributed by atoms with Crippen molar-refractivity contribution < 1.29 is 9.18 Å². The van der Waals surface area contributed by atoms with E-state index >= 15 is 0 Å². The zero-order chi connectivity index (χ0) is 20.0. The zero-order valence-electron chi connectivity index (χ0n) is 16.1. The van der Waals surface area contributed by atoms with E-state index in [9.17, 15) is 9.18 Å². The second kappa shape index (κ2) is 12.8. The number of thioether (sulfide) groups is 1. The van der Waals surface area contributed by atoms with Gasteiger partial charge in [0.1, 0.15) is 5.82 Å². The number of carbonyl (C=O) groups is 1. The minimum Gasteiger partial charge on any atom is -0.357 e. The smallest absolute Gasteiger partial charge is 0.224 e. The van der Waals surface area contributed by atoms with Crippen molar-refractivity contribution in [3.63, 3.8) is 0 Å². The number of guanidine groups is 1. The third-order valence-electron chi connectivity index (χ3n) is 3.71. The van der Waals surface area contributed by atoms with Gasteiger partial charge in [0.05, 0.1) is 13.0 Å². The van der Waals surface area contributed by atoms with Gasteiger partial charge in [-0.05, 0) is 36.8 Å². The third-order valence-corrected chi connectivity index (χ3v) is 4.72. The molecule has 0 atom stereocenters. The Labute approximate surface area is 170 Å². The summed E-state index contributed by atoms with van der Waals surface area (Å²) in [6.45, 7) is 4.47. The topological polar surface area (TPSA) is 65.5 Å². The second-order valence-electron chi connectivity index (χ2n) is 6.01. The van der Waals surface area contributed by atoms with Crippen LogP contribution in [-0.4, -0.2) is 43.8 Å². The Morgan fingerprint density at radius 3 is 2.61 bits per heavy atom. The fraction of sp³-hybridized carbons (Fsp3) is 0.333. The molecule has 0 bridgehead atoms. The van der Waals surface area contributed by atoms with E-state index < -0.39 is 0 Å². The summed E-state index contributed by atoms with van der Waals surface area (Å²) in [7, 11) is 0. The summed E-state index contributed by atoms with van der Waals surface area (Å²) in [6.07, 6.45) is 0.163. The molecule has 0 aliphatic rings. The number of hydrogen-bond acceptors (Lipinski definition) is 3. The monoisotopic (exact) mass is 402 g/mol. The van der Waals surface area contributed by atoms with Gasteiger partial charge in [-0.3, -0.25) is 9.79 Å². The molecular formula is C21H27FN4OS. The van der Waals surface area contributed by atoms with Gasteiger partial charge in [-0.25, -0.2) is 4.39 Å². The summed E-state index contributed by atoms with van der Waals surface area (Å²) in [5, 5.41) is 9.29. The molecule has 0 heterocycles. The van der Waals surface area contributed by atoms with Gasteiger partial charge in [-0.2, -0.15) is 0 Å². The largest absolute Gasteiger partial charge is 0.357 e. The van der Waals surface area contributed by atoms with Gasteiger partial charge < -0.3 is 16.0 Å². The van der Waals surface area contributed by atoms with Crippen LogP contribution in [0.1, 0.15) is 12.5 Å². The standard InChI is InChI=1S/C21H27FN4OS/c1-2-23-21(26-13-14-28-19-9-4-3-5-10-19)25-12-11-24-20(27)16-17-7-6-8-18(22)15-17/h3-10,15H,2,11-14,16H2,1H3,(H,24,27)(H2,23,25,26). The molecule has 5 nitrogen and oxygen atoms in total. The predicted octanol–water partition coefficient (Wildman–Crippen LogP) is 2.83. The fourth-order valence-corrected chi connectivity index (χ4v) is 3.24. The molecule has 2 rings (SSSR count). The molecule has 1 amide bonds. The van der Waals surface area contributed by atoms with E-state index in [0.29, 0.717) is 18.7 Å². The highest BCUT2D eigenvalue weighted by Crippen LogP contribution is 2.15. The number of hydrogen-bond donors (Lipinski definition) is 3. The minimum atomic E-state index is -0.332. The normalized spacial score (nSPS) is 11.1. The van der Waals surface area contributed by atoms with Crippen molar-refractivity contribution >= 4 is 23.6 Å². The average Bonchev–Trinajstić information content (AvgIpc) is 2.69. The highest BCUT2D eigenvalue weighted by atomic mass is 32.2. The molecular weight excluding hydrogens is 375 g/mol. The second-order valence-corrected chi connectivity index (χ2v) is 7.17. The molecule has 2 aromatic carbocycles. The molecule has 0 aliphatic heterocycles. The lowest BCUT2D eigenvalue weighted by molar-refractivity contribution is -0.120. The van der Waals surface area contributed by atoms with Gasteiger partial charge in [0, 0.05) is 30.3 Å². The van der Waals surface area contributed by atoms with Crippen LogP contribution in [0, 0.1) is 5.82 Å². The molecule has 0 fully saturated rings. The van der Waals surface area contributed by atoms with E-state index in [1.807, 2.05) is 25.1 Å². The summed E-state index contributed by atoms with van der Waals surface area (Å²) in [4.78, 5) is 17.6. The number of nitrogens with one attached hydrogen (secondary N) is 3. The number of carbonyl (C=O) groups excluding carboxylic acids is 1. The predicted molar refractivity (Wildman–Crippen MR) is 114 cm³/mol. The van der Waals surface area contributed by atoms with Gasteiger partial charge in [-0.1, -0.05) is 30.3 Å². The van der Waals surface area contributed by atoms with Crippen LogP contribution in [0.25, 0.3) is 0 Å². The van der Waals surface area contributed by atoms with Gasteiger partial charge >= 0.3 is 0 Å². The van der Waals surface area contributed by atoms with Crippen molar-refractivity contribution in [2.45, 2.75) is 18.2 Å². The Morgan fingerprint density at radius 1 is 1.04 bits per heavy atom. The van der Waals surface area contributed by atoms with E-state index in [1.54, 1.807) is 23.9 Å². The van der Waals surface area contributed by atoms with E-state index in [1.165, 1.54) is 17.0 Å². The highest BCUT2D eigenvalue weighted by Gasteiger charge is 2.04. The first kappa shape index (κ1) is 21.8. The third kappa shape index (κ3) is 8.90. The quantitative estimate of drug-likeness (QED) is 0.247. The molecule has 0 unspecified atom stereocenters. The summed E-state index contributed by atoms with van der Waals surface area (Å²) in [6, 6.07) is 16.3. The first-order valence-electron chi connectivity index (χ1n) is 9.38. The molecule has 0 spiro atoms. The maximum atomic E-state index is 13.1. The van der Waals surface area contributed by atoms with Crippen molar-refractivity contribution in [2.24, 2.45) is 4.99 Å². The molecule has 0 saturated carbocycles. The molecule has 0 saturated heterocycles. The molecule has 2 aromatic rings. The van der Waals surface area contributed by atoms with Gasteiger partial charge in [0.25, 0.3) is 0 Å². The van der Waals surface area contributed by atoms with Crippen LogP contribution >= 0.6 is 11.8 Å². The van der Waals surface area contributed by atoms with Gasteiger partial charge in [0.2, 0.25) is 5.91 Å². The average molecular weight is 403 g/mol. The maximum Gasteiger partial charge on any atom is 0.224 e. The van der Waals surface area contributed by atoms with Gasteiger partial charge in [-0.15, -0.1) is 11.8 Å². The zero-order valence-corrected chi connectivity index (χ0v) is 16.9. The first-order chi connectivity index (χ1) is 13.7. The SMILES string of the molecule is CCNC(=NCCNC(=O)Cc1cccc(F)c1)NCCSc1ccccc1. The van der Waals surface area contributed by atoms with E-state index in [0.717, 1.165) is 24.8 Å². The summed E-state index contributed by atoms with van der Waals surface area (Å²) in [5.41, 5.74) is 0.659. The van der Waals surface area contributed by atoms with Gasteiger partial charge in [0.15, 0.2) is 5.96 Å². The fourth-order valence-electron chi connectivity index (χ4n) is 2.45. The van der Waals surface area contributed by atoms with Crippen molar-refractivity contribution in [2.75, 3.05) is 31.9 Å². The van der Waals surface area contributed by atoms with Crippen LogP contribution in [-0.2, 0) is 11.2 Å². The van der Waals surface area contributed by atoms with Crippen molar-refractivity contribution in [1.82, 2.24) is 16.0 Å². The van der Waals surface area contributed by atoms with Crippen LogP contribution in [0.3, 0.4) is 0 Å².